The fourth-order valence-electron chi connectivity index (χ4n) is 1.66. The van der Waals surface area contributed by atoms with Gasteiger partial charge in [-0.1, -0.05) is 17.7 Å². The number of hydrogen-bond donors (Lipinski definition) is 2. The molecule has 0 saturated heterocycles. The molecule has 0 aromatic heterocycles. The lowest BCUT2D eigenvalue weighted by Crippen LogP contribution is -2.12. The van der Waals surface area contributed by atoms with Crippen LogP contribution in [-0.2, 0) is 6.54 Å². The minimum Gasteiger partial charge on any atom is -0.379 e. The van der Waals surface area contributed by atoms with E-state index in [1.54, 1.807) is 6.07 Å². The Labute approximate surface area is 129 Å². The van der Waals surface area contributed by atoms with Gasteiger partial charge in [0.05, 0.1) is 10.7 Å². The first-order chi connectivity index (χ1) is 9.47. The summed E-state index contributed by atoms with van der Waals surface area (Å²) >= 11 is 9.28. The van der Waals surface area contributed by atoms with Gasteiger partial charge >= 0.3 is 0 Å². The number of nitrogens with two attached hydrogens (primary N) is 1. The van der Waals surface area contributed by atoms with Crippen molar-refractivity contribution >= 4 is 39.1 Å². The van der Waals surface area contributed by atoms with Gasteiger partial charge in [-0.3, -0.25) is 4.79 Å². The van der Waals surface area contributed by atoms with Crippen molar-refractivity contribution < 1.29 is 9.18 Å². The number of carbonyl (C=O) groups excluding carboxylic acids is 1. The van der Waals surface area contributed by atoms with Crippen LogP contribution in [0.5, 0.6) is 0 Å². The smallest absolute Gasteiger partial charge is 0.248 e. The van der Waals surface area contributed by atoms with Crippen molar-refractivity contribution in [1.82, 2.24) is 0 Å². The molecule has 3 nitrogen and oxygen atoms in total. The Balaban J connectivity index is 2.15. The summed E-state index contributed by atoms with van der Waals surface area (Å²) in [4.78, 5) is 11.1. The summed E-state index contributed by atoms with van der Waals surface area (Å²) < 4.78 is 14.4. The number of hydrogen-bond acceptors (Lipinski definition) is 2. The Morgan fingerprint density at radius 2 is 2.05 bits per heavy atom. The van der Waals surface area contributed by atoms with Crippen molar-refractivity contribution in [2.45, 2.75) is 6.54 Å². The van der Waals surface area contributed by atoms with E-state index in [-0.39, 0.29) is 11.3 Å². The molecule has 0 spiro atoms. The molecule has 0 unspecified atom stereocenters. The number of nitrogens with one attached hydrogen (secondary N) is 1. The number of benzene rings is 2. The van der Waals surface area contributed by atoms with Gasteiger partial charge in [0.15, 0.2) is 0 Å². The van der Waals surface area contributed by atoms with Crippen molar-refractivity contribution in [3.05, 3.63) is 62.8 Å². The molecule has 1 amide bonds. The molecule has 2 aromatic carbocycles. The molecule has 0 aliphatic rings. The number of rotatable bonds is 4. The summed E-state index contributed by atoms with van der Waals surface area (Å²) in [5, 5.41) is 3.49. The summed E-state index contributed by atoms with van der Waals surface area (Å²) in [5.74, 6) is -1.04. The van der Waals surface area contributed by atoms with E-state index >= 15 is 0 Å². The third kappa shape index (κ3) is 3.49. The molecule has 0 radical (unpaired) electrons. The van der Waals surface area contributed by atoms with Gasteiger partial charge in [-0.2, -0.15) is 0 Å². The molecule has 0 atom stereocenters. The maximum absolute atomic E-state index is 13.6. The second-order valence-corrected chi connectivity index (χ2v) is 5.42. The zero-order valence-electron chi connectivity index (χ0n) is 10.3. The Morgan fingerprint density at radius 1 is 1.30 bits per heavy atom. The van der Waals surface area contributed by atoms with Gasteiger partial charge in [-0.05, 0) is 51.8 Å². The number of carbonyl (C=O) groups is 1. The molecule has 0 heterocycles. The normalized spacial score (nSPS) is 10.3. The quantitative estimate of drug-likeness (QED) is 0.870. The van der Waals surface area contributed by atoms with Crippen LogP contribution in [0.1, 0.15) is 15.9 Å². The minimum absolute atomic E-state index is 0.223. The van der Waals surface area contributed by atoms with Crippen LogP contribution in [0.2, 0.25) is 5.02 Å². The molecule has 0 aliphatic carbocycles. The zero-order valence-corrected chi connectivity index (χ0v) is 12.6. The number of anilines is 1. The van der Waals surface area contributed by atoms with Gasteiger partial charge in [0.2, 0.25) is 5.91 Å². The summed E-state index contributed by atoms with van der Waals surface area (Å²) in [5.41, 5.74) is 6.53. The average Bonchev–Trinajstić information content (AvgIpc) is 2.41. The number of halogens is 3. The molecule has 20 heavy (non-hydrogen) atoms. The van der Waals surface area contributed by atoms with E-state index in [1.807, 2.05) is 12.1 Å². The van der Waals surface area contributed by atoms with E-state index in [4.69, 9.17) is 17.3 Å². The van der Waals surface area contributed by atoms with E-state index in [1.165, 1.54) is 18.2 Å². The van der Waals surface area contributed by atoms with Gasteiger partial charge in [0.1, 0.15) is 5.82 Å². The van der Waals surface area contributed by atoms with Crippen LogP contribution in [0.25, 0.3) is 0 Å². The highest BCUT2D eigenvalue weighted by atomic mass is 79.9. The molecule has 0 bridgehead atoms. The number of primary amides is 1. The highest BCUT2D eigenvalue weighted by Gasteiger charge is 2.07. The summed E-state index contributed by atoms with van der Waals surface area (Å²) in [7, 11) is 0. The largest absolute Gasteiger partial charge is 0.379 e. The molecule has 0 fully saturated rings. The topological polar surface area (TPSA) is 55.1 Å². The molecule has 3 N–H and O–H groups in total. The van der Waals surface area contributed by atoms with Gasteiger partial charge in [-0.15, -0.1) is 0 Å². The Bertz CT molecular complexity index is 664. The lowest BCUT2D eigenvalue weighted by Gasteiger charge is -2.09. The third-order valence-corrected chi connectivity index (χ3v) is 3.95. The summed E-state index contributed by atoms with van der Waals surface area (Å²) in [6, 6.07) is 9.39. The van der Waals surface area contributed by atoms with Crippen LogP contribution in [0.4, 0.5) is 10.1 Å². The van der Waals surface area contributed by atoms with Crippen molar-refractivity contribution in [3.8, 4) is 0 Å². The molecular weight excluding hydrogens is 347 g/mol. The predicted molar refractivity (Wildman–Crippen MR) is 81.4 cm³/mol. The van der Waals surface area contributed by atoms with Crippen molar-refractivity contribution in [2.75, 3.05) is 5.32 Å². The van der Waals surface area contributed by atoms with Gasteiger partial charge in [-0.25, -0.2) is 4.39 Å². The van der Waals surface area contributed by atoms with Crippen LogP contribution in [0.15, 0.2) is 40.9 Å². The van der Waals surface area contributed by atoms with Gasteiger partial charge < -0.3 is 11.1 Å². The highest BCUT2D eigenvalue weighted by Crippen LogP contribution is 2.24. The molecule has 0 aliphatic heterocycles. The third-order valence-electron chi connectivity index (χ3n) is 2.72. The average molecular weight is 358 g/mol. The van der Waals surface area contributed by atoms with Crippen LogP contribution >= 0.6 is 27.5 Å². The summed E-state index contributed by atoms with van der Waals surface area (Å²) in [6.07, 6.45) is 0. The lowest BCUT2D eigenvalue weighted by atomic mass is 10.1. The fourth-order valence-corrected chi connectivity index (χ4v) is 2.11. The van der Waals surface area contributed by atoms with Crippen molar-refractivity contribution in [1.29, 1.82) is 0 Å². The Morgan fingerprint density at radius 3 is 2.70 bits per heavy atom. The molecular formula is C14H11BrClFN2O. The standard InChI is InChI=1S/C14H11BrClFN2O/c15-10-3-1-8(5-11(10)16)7-19-13-6-9(14(18)20)2-4-12(13)17/h1-6,19H,7H2,(H2,18,20). The minimum atomic E-state index is -0.597. The fraction of sp³-hybridized carbons (Fsp3) is 0.0714. The molecule has 2 rings (SSSR count). The lowest BCUT2D eigenvalue weighted by molar-refractivity contribution is 0.100. The van der Waals surface area contributed by atoms with Crippen LogP contribution in [-0.4, -0.2) is 5.91 Å². The first kappa shape index (κ1) is 14.8. The van der Waals surface area contributed by atoms with Crippen LogP contribution in [0.3, 0.4) is 0 Å². The second-order valence-electron chi connectivity index (χ2n) is 4.16. The highest BCUT2D eigenvalue weighted by molar-refractivity contribution is 9.10. The first-order valence-electron chi connectivity index (χ1n) is 5.74. The monoisotopic (exact) mass is 356 g/mol. The van der Waals surface area contributed by atoms with E-state index in [2.05, 4.69) is 21.2 Å². The maximum Gasteiger partial charge on any atom is 0.248 e. The molecule has 6 heteroatoms. The summed E-state index contributed by atoms with van der Waals surface area (Å²) in [6.45, 7) is 0.381. The van der Waals surface area contributed by atoms with Crippen LogP contribution < -0.4 is 11.1 Å². The Hall–Kier alpha value is -1.59. The Kier molecular flexibility index (Phi) is 4.62. The van der Waals surface area contributed by atoms with E-state index in [9.17, 15) is 9.18 Å². The molecule has 104 valence electrons. The molecule has 0 saturated carbocycles. The van der Waals surface area contributed by atoms with Gasteiger partial charge in [0.25, 0.3) is 0 Å². The molecule has 2 aromatic rings. The SMILES string of the molecule is NC(=O)c1ccc(F)c(NCc2ccc(Br)c(Cl)c2)c1. The van der Waals surface area contributed by atoms with Crippen molar-refractivity contribution in [3.63, 3.8) is 0 Å². The first-order valence-corrected chi connectivity index (χ1v) is 6.91. The number of amides is 1. The van der Waals surface area contributed by atoms with Crippen LogP contribution in [0, 0.1) is 5.82 Å². The van der Waals surface area contributed by atoms with Gasteiger partial charge in [0, 0.05) is 16.6 Å². The zero-order chi connectivity index (χ0) is 14.7. The maximum atomic E-state index is 13.6. The van der Waals surface area contributed by atoms with E-state index in [0.717, 1.165) is 10.0 Å². The predicted octanol–water partition coefficient (Wildman–Crippen LogP) is 3.95. The van der Waals surface area contributed by atoms with E-state index < -0.39 is 11.7 Å². The van der Waals surface area contributed by atoms with E-state index in [0.29, 0.717) is 11.6 Å². The van der Waals surface area contributed by atoms with Crippen molar-refractivity contribution in [2.24, 2.45) is 5.73 Å². The second kappa shape index (κ2) is 6.24.